The summed E-state index contributed by atoms with van der Waals surface area (Å²) >= 11 is 24.2. The topological polar surface area (TPSA) is 46.5 Å². The van der Waals surface area contributed by atoms with Crippen LogP contribution in [-0.2, 0) is 9.53 Å². The zero-order chi connectivity index (χ0) is 21.4. The number of rotatable bonds is 3. The van der Waals surface area contributed by atoms with E-state index in [0.29, 0.717) is 20.6 Å². The summed E-state index contributed by atoms with van der Waals surface area (Å²) in [6.45, 7) is 0. The van der Waals surface area contributed by atoms with Gasteiger partial charge in [0.05, 0.1) is 20.1 Å². The van der Waals surface area contributed by atoms with Gasteiger partial charge in [0.1, 0.15) is 5.57 Å². The Hall–Kier alpha value is -2.43. The molecule has 0 saturated carbocycles. The van der Waals surface area contributed by atoms with Crippen LogP contribution in [0, 0.1) is 0 Å². The van der Waals surface area contributed by atoms with Crippen molar-refractivity contribution in [1.29, 1.82) is 0 Å². The fraction of sp³-hybridized carbons (Fsp3) is 0. The highest BCUT2D eigenvalue weighted by molar-refractivity contribution is 6.42. The van der Waals surface area contributed by atoms with E-state index in [1.807, 2.05) is 30.3 Å². The molecule has 0 aromatic heterocycles. The average molecular weight is 478 g/mol. The van der Waals surface area contributed by atoms with Crippen LogP contribution in [0.2, 0.25) is 20.1 Å². The minimum Gasteiger partial charge on any atom is -0.504 e. The van der Waals surface area contributed by atoms with E-state index in [4.69, 9.17) is 51.1 Å². The second-order valence-corrected chi connectivity index (χ2v) is 8.10. The van der Waals surface area contributed by atoms with Crippen molar-refractivity contribution in [1.82, 2.24) is 0 Å². The molecule has 1 aliphatic rings. The Bertz CT molecular complexity index is 1240. The number of aliphatic hydroxyl groups excluding tert-OH is 1. The van der Waals surface area contributed by atoms with Gasteiger partial charge in [0, 0.05) is 0 Å². The number of cyclic esters (lactones) is 1. The highest BCUT2D eigenvalue weighted by Crippen LogP contribution is 2.37. The first-order chi connectivity index (χ1) is 14.3. The predicted molar refractivity (Wildman–Crippen MR) is 122 cm³/mol. The van der Waals surface area contributed by atoms with E-state index in [2.05, 4.69) is 0 Å². The van der Waals surface area contributed by atoms with Crippen molar-refractivity contribution in [3.8, 4) is 11.1 Å². The maximum absolute atomic E-state index is 12.4. The van der Waals surface area contributed by atoms with Crippen molar-refractivity contribution in [3.63, 3.8) is 0 Å². The number of carbonyl (C=O) groups excluding carboxylic acids is 1. The molecule has 0 spiro atoms. The number of ether oxygens (including phenoxy) is 1. The predicted octanol–water partition coefficient (Wildman–Crippen LogP) is 7.83. The average Bonchev–Trinajstić information content (AvgIpc) is 3.00. The normalized spacial score (nSPS) is 15.1. The van der Waals surface area contributed by atoms with Gasteiger partial charge in [-0.2, -0.15) is 0 Å². The number of halogens is 4. The molecular weight excluding hydrogens is 466 g/mol. The van der Waals surface area contributed by atoms with Crippen LogP contribution in [0.1, 0.15) is 11.1 Å². The van der Waals surface area contributed by atoms with Crippen molar-refractivity contribution in [2.75, 3.05) is 0 Å². The third-order valence-corrected chi connectivity index (χ3v) is 6.04. The number of carbonyl (C=O) groups is 1. The van der Waals surface area contributed by atoms with Crippen LogP contribution in [0.15, 0.2) is 72.2 Å². The van der Waals surface area contributed by atoms with E-state index in [9.17, 15) is 9.90 Å². The lowest BCUT2D eigenvalue weighted by molar-refractivity contribution is -0.131. The third kappa shape index (κ3) is 3.94. The molecular formula is C23H12Cl4O3. The molecule has 3 aromatic rings. The second kappa shape index (κ2) is 8.37. The Kier molecular flexibility index (Phi) is 5.81. The fourth-order valence-electron chi connectivity index (χ4n) is 3.11. The summed E-state index contributed by atoms with van der Waals surface area (Å²) in [5, 5.41) is 12.2. The van der Waals surface area contributed by atoms with Gasteiger partial charge in [-0.1, -0.05) is 82.8 Å². The van der Waals surface area contributed by atoms with Gasteiger partial charge in [-0.05, 0) is 52.6 Å². The Labute approximate surface area is 192 Å². The first kappa shape index (κ1) is 20.8. The molecule has 3 aromatic carbocycles. The third-order valence-electron chi connectivity index (χ3n) is 4.56. The van der Waals surface area contributed by atoms with E-state index in [1.54, 1.807) is 30.3 Å². The summed E-state index contributed by atoms with van der Waals surface area (Å²) in [6.07, 6.45) is 1.59. The lowest BCUT2D eigenvalue weighted by Crippen LogP contribution is -1.98. The second-order valence-electron chi connectivity index (χ2n) is 6.47. The molecule has 0 radical (unpaired) electrons. The smallest absolute Gasteiger partial charge is 0.348 e. The Morgan fingerprint density at radius 3 is 2.03 bits per heavy atom. The van der Waals surface area contributed by atoms with E-state index in [0.717, 1.165) is 16.7 Å². The molecule has 0 fully saturated rings. The molecule has 3 nitrogen and oxygen atoms in total. The molecule has 1 aliphatic heterocycles. The summed E-state index contributed by atoms with van der Waals surface area (Å²) in [7, 11) is 0. The van der Waals surface area contributed by atoms with Crippen LogP contribution >= 0.6 is 46.4 Å². The van der Waals surface area contributed by atoms with Crippen molar-refractivity contribution in [2.45, 2.75) is 0 Å². The zero-order valence-electron chi connectivity index (χ0n) is 15.1. The largest absolute Gasteiger partial charge is 0.504 e. The van der Waals surface area contributed by atoms with Crippen molar-refractivity contribution >= 4 is 64.0 Å². The van der Waals surface area contributed by atoms with Gasteiger partial charge in [-0.25, -0.2) is 4.79 Å². The summed E-state index contributed by atoms with van der Waals surface area (Å²) < 4.78 is 5.32. The van der Waals surface area contributed by atoms with Gasteiger partial charge in [-0.3, -0.25) is 0 Å². The maximum Gasteiger partial charge on any atom is 0.348 e. The lowest BCUT2D eigenvalue weighted by atomic mass is 9.98. The highest BCUT2D eigenvalue weighted by atomic mass is 35.5. The molecule has 0 saturated heterocycles. The van der Waals surface area contributed by atoms with Crippen LogP contribution in [-0.4, -0.2) is 11.1 Å². The van der Waals surface area contributed by atoms with Gasteiger partial charge in [0.25, 0.3) is 0 Å². The Morgan fingerprint density at radius 2 is 1.37 bits per heavy atom. The van der Waals surface area contributed by atoms with Crippen LogP contribution in [0.25, 0.3) is 22.8 Å². The number of esters is 1. The molecule has 150 valence electrons. The molecule has 0 unspecified atom stereocenters. The number of hydrogen-bond acceptors (Lipinski definition) is 3. The highest BCUT2D eigenvalue weighted by Gasteiger charge is 2.31. The standard InChI is InChI=1S/C23H12Cl4O3/c24-16-7-5-13(9-18(16)26)15-4-2-1-3-12(15)11-20-22(28)21(23(29)30-20)14-6-8-17(25)19(27)10-14/h1-11,28H/b20-11-. The molecule has 1 N–H and O–H groups in total. The van der Waals surface area contributed by atoms with Crippen molar-refractivity contribution in [2.24, 2.45) is 0 Å². The summed E-state index contributed by atoms with van der Waals surface area (Å²) in [5.41, 5.74) is 2.81. The van der Waals surface area contributed by atoms with E-state index in [-0.39, 0.29) is 22.1 Å². The lowest BCUT2D eigenvalue weighted by Gasteiger charge is -2.08. The van der Waals surface area contributed by atoms with Gasteiger partial charge >= 0.3 is 5.97 Å². The summed E-state index contributed by atoms with van der Waals surface area (Å²) in [5.74, 6) is -0.917. The first-order valence-electron chi connectivity index (χ1n) is 8.72. The van der Waals surface area contributed by atoms with Crippen molar-refractivity contribution in [3.05, 3.63) is 103 Å². The monoisotopic (exact) mass is 476 g/mol. The molecule has 4 rings (SSSR count). The Balaban J connectivity index is 1.79. The minimum absolute atomic E-state index is 0.0202. The van der Waals surface area contributed by atoms with Gasteiger partial charge in [-0.15, -0.1) is 0 Å². The van der Waals surface area contributed by atoms with Crippen LogP contribution in [0.3, 0.4) is 0 Å². The SMILES string of the molecule is O=C1O/C(=C\c2ccccc2-c2ccc(Cl)c(Cl)c2)C(O)=C1c1ccc(Cl)c(Cl)c1. The molecule has 0 amide bonds. The molecule has 1 heterocycles. The van der Waals surface area contributed by atoms with Crippen LogP contribution in [0.4, 0.5) is 0 Å². The number of aliphatic hydroxyl groups is 1. The van der Waals surface area contributed by atoms with Crippen molar-refractivity contribution < 1.29 is 14.6 Å². The van der Waals surface area contributed by atoms with E-state index >= 15 is 0 Å². The minimum atomic E-state index is -0.677. The number of hydrogen-bond donors (Lipinski definition) is 1. The van der Waals surface area contributed by atoms with Gasteiger partial charge in [0.2, 0.25) is 0 Å². The molecule has 7 heteroatoms. The number of benzene rings is 3. The van der Waals surface area contributed by atoms with E-state index in [1.165, 1.54) is 6.07 Å². The van der Waals surface area contributed by atoms with Crippen LogP contribution < -0.4 is 0 Å². The van der Waals surface area contributed by atoms with Crippen LogP contribution in [0.5, 0.6) is 0 Å². The molecule has 0 aliphatic carbocycles. The summed E-state index contributed by atoms with van der Waals surface area (Å²) in [6, 6.07) is 17.4. The quantitative estimate of drug-likeness (QED) is 0.391. The molecule has 30 heavy (non-hydrogen) atoms. The Morgan fingerprint density at radius 1 is 0.767 bits per heavy atom. The van der Waals surface area contributed by atoms with Gasteiger partial charge in [0.15, 0.2) is 11.5 Å². The molecule has 0 atom stereocenters. The fourth-order valence-corrected chi connectivity index (χ4v) is 3.71. The van der Waals surface area contributed by atoms with E-state index < -0.39 is 5.97 Å². The maximum atomic E-state index is 12.4. The summed E-state index contributed by atoms with van der Waals surface area (Å²) in [4.78, 5) is 12.4. The zero-order valence-corrected chi connectivity index (χ0v) is 18.2. The first-order valence-corrected chi connectivity index (χ1v) is 10.2. The van der Waals surface area contributed by atoms with Gasteiger partial charge < -0.3 is 9.84 Å². The molecule has 0 bridgehead atoms.